The third-order valence-corrected chi connectivity index (χ3v) is 3.02. The fraction of sp³-hybridized carbons (Fsp3) is 0.400. The van der Waals surface area contributed by atoms with E-state index in [1.807, 2.05) is 12.3 Å². The van der Waals surface area contributed by atoms with Crippen LogP contribution in [0.1, 0.15) is 5.56 Å². The van der Waals surface area contributed by atoms with E-state index in [1.165, 1.54) is 10.9 Å². The Hall–Kier alpha value is -1.45. The Kier molecular flexibility index (Phi) is 4.67. The van der Waals surface area contributed by atoms with Crippen molar-refractivity contribution < 1.29 is 0 Å². The second kappa shape index (κ2) is 6.47. The summed E-state index contributed by atoms with van der Waals surface area (Å²) in [5.74, 6) is 0. The highest BCUT2D eigenvalue weighted by molar-refractivity contribution is 5.81. The first-order valence-electron chi connectivity index (χ1n) is 6.45. The summed E-state index contributed by atoms with van der Waals surface area (Å²) < 4.78 is 0. The maximum Gasteiger partial charge on any atom is 0.0734 e. The quantitative estimate of drug-likeness (QED) is 0.786. The van der Waals surface area contributed by atoms with Crippen molar-refractivity contribution >= 4 is 10.9 Å². The highest BCUT2D eigenvalue weighted by Gasteiger charge is 2.01. The number of fused-ring (bicyclic) bond motifs is 1. The van der Waals surface area contributed by atoms with Gasteiger partial charge >= 0.3 is 0 Å². The average molecular weight is 243 g/mol. The van der Waals surface area contributed by atoms with E-state index < -0.39 is 0 Å². The van der Waals surface area contributed by atoms with E-state index in [2.05, 4.69) is 53.6 Å². The molecule has 0 fully saturated rings. The van der Waals surface area contributed by atoms with Crippen molar-refractivity contribution in [1.82, 2.24) is 15.2 Å². The molecule has 3 heteroatoms. The van der Waals surface area contributed by atoms with Gasteiger partial charge in [-0.2, -0.15) is 0 Å². The third kappa shape index (κ3) is 3.52. The number of hydrogen-bond donors (Lipinski definition) is 1. The molecule has 18 heavy (non-hydrogen) atoms. The van der Waals surface area contributed by atoms with Crippen molar-refractivity contribution in [1.29, 1.82) is 0 Å². The Labute approximate surface area is 109 Å². The molecule has 0 aliphatic rings. The zero-order valence-corrected chi connectivity index (χ0v) is 11.2. The van der Waals surface area contributed by atoms with E-state index in [4.69, 9.17) is 0 Å². The van der Waals surface area contributed by atoms with Gasteiger partial charge in [0.05, 0.1) is 5.52 Å². The smallest absolute Gasteiger partial charge is 0.0734 e. The zero-order valence-electron chi connectivity index (χ0n) is 11.2. The van der Waals surface area contributed by atoms with Crippen LogP contribution in [0.2, 0.25) is 0 Å². The molecule has 1 aromatic heterocycles. The summed E-state index contributed by atoms with van der Waals surface area (Å²) in [6.45, 7) is 3.11. The molecule has 96 valence electrons. The van der Waals surface area contributed by atoms with Gasteiger partial charge in [-0.3, -0.25) is 4.98 Å². The molecule has 2 aromatic rings. The Morgan fingerprint density at radius 1 is 1.11 bits per heavy atom. The standard InChI is InChI=1S/C15H21N3/c1-18(2)12-11-16-10-8-14-6-3-5-13-7-4-9-17-15(13)14/h3-7,9,16H,8,10-12H2,1-2H3. The van der Waals surface area contributed by atoms with Crippen molar-refractivity contribution in [3.05, 3.63) is 42.1 Å². The second-order valence-corrected chi connectivity index (χ2v) is 4.80. The highest BCUT2D eigenvalue weighted by atomic mass is 15.1. The number of benzene rings is 1. The van der Waals surface area contributed by atoms with Gasteiger partial charge < -0.3 is 10.2 Å². The van der Waals surface area contributed by atoms with Crippen LogP contribution in [0.5, 0.6) is 0 Å². The maximum atomic E-state index is 4.47. The van der Waals surface area contributed by atoms with Crippen LogP contribution in [0.15, 0.2) is 36.5 Å². The van der Waals surface area contributed by atoms with E-state index in [0.29, 0.717) is 0 Å². The molecule has 1 N–H and O–H groups in total. The van der Waals surface area contributed by atoms with Crippen LogP contribution in [0.3, 0.4) is 0 Å². The number of nitrogens with one attached hydrogen (secondary N) is 1. The number of rotatable bonds is 6. The molecule has 3 nitrogen and oxygen atoms in total. The summed E-state index contributed by atoms with van der Waals surface area (Å²) in [5, 5.41) is 4.69. The lowest BCUT2D eigenvalue weighted by molar-refractivity contribution is 0.401. The Bertz CT molecular complexity index is 489. The Morgan fingerprint density at radius 3 is 2.78 bits per heavy atom. The molecule has 1 aromatic carbocycles. The van der Waals surface area contributed by atoms with Crippen LogP contribution >= 0.6 is 0 Å². The van der Waals surface area contributed by atoms with Crippen molar-refractivity contribution in [3.8, 4) is 0 Å². The minimum absolute atomic E-state index is 1.00. The normalized spacial score (nSPS) is 11.3. The summed E-state index contributed by atoms with van der Waals surface area (Å²) in [6, 6.07) is 10.5. The fourth-order valence-corrected chi connectivity index (χ4v) is 2.02. The molecule has 0 aliphatic carbocycles. The van der Waals surface area contributed by atoms with Crippen LogP contribution in [0, 0.1) is 0 Å². The molecular formula is C15H21N3. The number of hydrogen-bond acceptors (Lipinski definition) is 3. The van der Waals surface area contributed by atoms with E-state index >= 15 is 0 Å². The number of likely N-dealkylation sites (N-methyl/N-ethyl adjacent to an activating group) is 1. The fourth-order valence-electron chi connectivity index (χ4n) is 2.02. The van der Waals surface area contributed by atoms with E-state index in [9.17, 15) is 0 Å². The lowest BCUT2D eigenvalue weighted by Crippen LogP contribution is -2.27. The van der Waals surface area contributed by atoms with Gasteiger partial charge in [-0.15, -0.1) is 0 Å². The van der Waals surface area contributed by atoms with Gasteiger partial charge in [-0.05, 0) is 38.7 Å². The molecule has 0 aliphatic heterocycles. The van der Waals surface area contributed by atoms with Crippen molar-refractivity contribution in [3.63, 3.8) is 0 Å². The molecule has 2 rings (SSSR count). The molecule has 0 bridgehead atoms. The second-order valence-electron chi connectivity index (χ2n) is 4.80. The summed E-state index contributed by atoms with van der Waals surface area (Å²) in [7, 11) is 4.19. The van der Waals surface area contributed by atoms with Crippen LogP contribution in [0.4, 0.5) is 0 Å². The van der Waals surface area contributed by atoms with Crippen LogP contribution < -0.4 is 5.32 Å². The summed E-state index contributed by atoms with van der Waals surface area (Å²) >= 11 is 0. The SMILES string of the molecule is CN(C)CCNCCc1cccc2cccnc12. The predicted molar refractivity (Wildman–Crippen MR) is 76.9 cm³/mol. The lowest BCUT2D eigenvalue weighted by Gasteiger charge is -2.10. The minimum Gasteiger partial charge on any atom is -0.315 e. The molecule has 0 unspecified atom stereocenters. The van der Waals surface area contributed by atoms with Crippen molar-refractivity contribution in [2.24, 2.45) is 0 Å². The molecule has 0 spiro atoms. The molecule has 0 saturated carbocycles. The Morgan fingerprint density at radius 2 is 1.94 bits per heavy atom. The highest BCUT2D eigenvalue weighted by Crippen LogP contribution is 2.15. The van der Waals surface area contributed by atoms with Crippen LogP contribution in [-0.2, 0) is 6.42 Å². The topological polar surface area (TPSA) is 28.2 Å². The summed E-state index contributed by atoms with van der Waals surface area (Å²) in [5.41, 5.74) is 2.46. The predicted octanol–water partition coefficient (Wildman–Crippen LogP) is 1.93. The van der Waals surface area contributed by atoms with Gasteiger partial charge in [0.2, 0.25) is 0 Å². The number of para-hydroxylation sites is 1. The van der Waals surface area contributed by atoms with Crippen molar-refractivity contribution in [2.45, 2.75) is 6.42 Å². The molecule has 0 radical (unpaired) electrons. The maximum absolute atomic E-state index is 4.47. The average Bonchev–Trinajstić information content (AvgIpc) is 2.38. The molecular weight excluding hydrogens is 222 g/mol. The minimum atomic E-state index is 1.00. The van der Waals surface area contributed by atoms with Gasteiger partial charge in [0.25, 0.3) is 0 Å². The first-order chi connectivity index (χ1) is 8.77. The lowest BCUT2D eigenvalue weighted by atomic mass is 10.1. The zero-order chi connectivity index (χ0) is 12.8. The van der Waals surface area contributed by atoms with Crippen LogP contribution in [0.25, 0.3) is 10.9 Å². The van der Waals surface area contributed by atoms with E-state index in [0.717, 1.165) is 31.6 Å². The molecule has 1 heterocycles. The molecule has 0 amide bonds. The first-order valence-corrected chi connectivity index (χ1v) is 6.45. The van der Waals surface area contributed by atoms with Crippen LogP contribution in [-0.4, -0.2) is 43.6 Å². The van der Waals surface area contributed by atoms with Gasteiger partial charge in [0, 0.05) is 24.7 Å². The van der Waals surface area contributed by atoms with Gasteiger partial charge in [0.15, 0.2) is 0 Å². The van der Waals surface area contributed by atoms with Gasteiger partial charge in [-0.25, -0.2) is 0 Å². The summed E-state index contributed by atoms with van der Waals surface area (Å²) in [4.78, 5) is 6.66. The van der Waals surface area contributed by atoms with Crippen molar-refractivity contribution in [2.75, 3.05) is 33.7 Å². The molecule has 0 atom stereocenters. The van der Waals surface area contributed by atoms with E-state index in [-0.39, 0.29) is 0 Å². The number of aromatic nitrogens is 1. The Balaban J connectivity index is 1.91. The number of nitrogens with zero attached hydrogens (tertiary/aromatic N) is 2. The largest absolute Gasteiger partial charge is 0.315 e. The first kappa shape index (κ1) is 13.0. The summed E-state index contributed by atoms with van der Waals surface area (Å²) in [6.07, 6.45) is 2.90. The molecule has 0 saturated heterocycles. The third-order valence-electron chi connectivity index (χ3n) is 3.02. The van der Waals surface area contributed by atoms with E-state index in [1.54, 1.807) is 0 Å². The number of pyridine rings is 1. The van der Waals surface area contributed by atoms with Gasteiger partial charge in [-0.1, -0.05) is 24.3 Å². The van der Waals surface area contributed by atoms with Gasteiger partial charge in [0.1, 0.15) is 0 Å². The monoisotopic (exact) mass is 243 g/mol.